The molecule has 0 bridgehead atoms. The summed E-state index contributed by atoms with van der Waals surface area (Å²) in [5.41, 5.74) is -0.339. The highest BCUT2D eigenvalue weighted by molar-refractivity contribution is 6.31. The predicted octanol–water partition coefficient (Wildman–Crippen LogP) is 2.49. The number of hydrogen-bond donors (Lipinski definition) is 1. The van der Waals surface area contributed by atoms with Gasteiger partial charge in [0.2, 0.25) is 0 Å². The lowest BCUT2D eigenvalue weighted by molar-refractivity contribution is -0.150. The number of aromatic nitrogens is 1. The molecule has 0 radical (unpaired) electrons. The van der Waals surface area contributed by atoms with E-state index >= 15 is 0 Å². The van der Waals surface area contributed by atoms with Crippen molar-refractivity contribution in [3.63, 3.8) is 0 Å². The first-order chi connectivity index (χ1) is 9.37. The van der Waals surface area contributed by atoms with E-state index in [0.29, 0.717) is 36.6 Å². The number of carbonyl (C=O) groups is 2. The van der Waals surface area contributed by atoms with Crippen LogP contribution in [0.5, 0.6) is 0 Å². The molecule has 0 spiro atoms. The molecule has 1 aliphatic rings. The summed E-state index contributed by atoms with van der Waals surface area (Å²) in [5, 5.41) is 9.83. The van der Waals surface area contributed by atoms with E-state index in [1.807, 2.05) is 6.92 Å². The van der Waals surface area contributed by atoms with E-state index in [9.17, 15) is 14.7 Å². The number of carboxylic acid groups (broad SMARTS) is 1. The fourth-order valence-corrected chi connectivity index (χ4v) is 2.89. The van der Waals surface area contributed by atoms with Crippen molar-refractivity contribution in [2.45, 2.75) is 33.2 Å². The number of aryl methyl sites for hydroxylation is 1. The van der Waals surface area contributed by atoms with Crippen LogP contribution in [0.3, 0.4) is 0 Å². The van der Waals surface area contributed by atoms with E-state index in [1.54, 1.807) is 28.7 Å². The Morgan fingerprint density at radius 2 is 2.20 bits per heavy atom. The molecule has 20 heavy (non-hydrogen) atoms. The zero-order valence-electron chi connectivity index (χ0n) is 11.7. The van der Waals surface area contributed by atoms with Gasteiger partial charge in [0.05, 0.1) is 10.4 Å². The summed E-state index contributed by atoms with van der Waals surface area (Å²) < 4.78 is 1.79. The third kappa shape index (κ3) is 2.68. The fourth-order valence-electron chi connectivity index (χ4n) is 2.66. The first kappa shape index (κ1) is 14.9. The van der Waals surface area contributed by atoms with Crippen molar-refractivity contribution >= 4 is 23.5 Å². The highest BCUT2D eigenvalue weighted by Gasteiger charge is 2.39. The van der Waals surface area contributed by atoms with Crippen molar-refractivity contribution in [1.29, 1.82) is 0 Å². The highest BCUT2D eigenvalue weighted by Crippen LogP contribution is 2.30. The van der Waals surface area contributed by atoms with Crippen molar-refractivity contribution in [1.82, 2.24) is 9.47 Å². The Bertz CT molecular complexity index is 541. The molecule has 1 atom stereocenters. The van der Waals surface area contributed by atoms with E-state index in [0.717, 1.165) is 0 Å². The normalized spacial score (nSPS) is 22.9. The summed E-state index contributed by atoms with van der Waals surface area (Å²) in [7, 11) is 0. The highest BCUT2D eigenvalue weighted by atomic mass is 35.5. The number of rotatable bonds is 3. The smallest absolute Gasteiger partial charge is 0.311 e. The number of aliphatic carboxylic acids is 1. The number of amides is 1. The molecular formula is C14H19ClN2O3. The van der Waals surface area contributed by atoms with Gasteiger partial charge >= 0.3 is 5.97 Å². The van der Waals surface area contributed by atoms with Crippen LogP contribution in [0.4, 0.5) is 0 Å². The monoisotopic (exact) mass is 298 g/mol. The lowest BCUT2D eigenvalue weighted by Crippen LogP contribution is -2.48. The Hall–Kier alpha value is -1.49. The molecular weight excluding hydrogens is 280 g/mol. The second kappa shape index (κ2) is 5.48. The van der Waals surface area contributed by atoms with E-state index in [2.05, 4.69) is 0 Å². The zero-order chi connectivity index (χ0) is 14.9. The Balaban J connectivity index is 2.22. The molecule has 1 aromatic heterocycles. The maximum atomic E-state index is 12.6. The Morgan fingerprint density at radius 1 is 1.50 bits per heavy atom. The Labute approximate surface area is 123 Å². The summed E-state index contributed by atoms with van der Waals surface area (Å²) in [5.74, 6) is -0.996. The SMILES string of the molecule is CCn1cc(Cl)cc1C(=O)N1CCCC(C)(C(=O)O)C1. The number of hydrogen-bond acceptors (Lipinski definition) is 2. The summed E-state index contributed by atoms with van der Waals surface area (Å²) >= 11 is 5.95. The van der Waals surface area contributed by atoms with Crippen LogP contribution in [0.1, 0.15) is 37.2 Å². The molecule has 0 saturated carbocycles. The van der Waals surface area contributed by atoms with Gasteiger partial charge in [-0.3, -0.25) is 9.59 Å². The second-order valence-corrected chi connectivity index (χ2v) is 5.96. The molecule has 110 valence electrons. The topological polar surface area (TPSA) is 62.5 Å². The van der Waals surface area contributed by atoms with Crippen molar-refractivity contribution in [2.24, 2.45) is 5.41 Å². The number of halogens is 1. The summed E-state index contributed by atoms with van der Waals surface area (Å²) in [6.07, 6.45) is 3.02. The van der Waals surface area contributed by atoms with Crippen molar-refractivity contribution in [3.05, 3.63) is 23.0 Å². The number of carbonyl (C=O) groups excluding carboxylic acids is 1. The largest absolute Gasteiger partial charge is 0.481 e. The predicted molar refractivity (Wildman–Crippen MR) is 76.0 cm³/mol. The van der Waals surface area contributed by atoms with Crippen LogP contribution in [0, 0.1) is 5.41 Å². The molecule has 1 N–H and O–H groups in total. The van der Waals surface area contributed by atoms with Crippen LogP contribution in [0.15, 0.2) is 12.3 Å². The van der Waals surface area contributed by atoms with Crippen LogP contribution < -0.4 is 0 Å². The average Bonchev–Trinajstić information content (AvgIpc) is 2.79. The lowest BCUT2D eigenvalue weighted by Gasteiger charge is -2.37. The minimum absolute atomic E-state index is 0.147. The molecule has 0 aliphatic carbocycles. The molecule has 1 saturated heterocycles. The summed E-state index contributed by atoms with van der Waals surface area (Å²) in [6, 6.07) is 1.64. The third-order valence-corrected chi connectivity index (χ3v) is 4.13. The lowest BCUT2D eigenvalue weighted by atomic mass is 9.82. The summed E-state index contributed by atoms with van der Waals surface area (Å²) in [6.45, 7) is 5.12. The van der Waals surface area contributed by atoms with Gasteiger partial charge in [-0.2, -0.15) is 0 Å². The van der Waals surface area contributed by atoms with E-state index in [4.69, 9.17) is 11.6 Å². The van der Waals surface area contributed by atoms with Gasteiger partial charge in [0, 0.05) is 25.8 Å². The van der Waals surface area contributed by atoms with E-state index in [-0.39, 0.29) is 12.5 Å². The molecule has 0 aromatic carbocycles. The fraction of sp³-hybridized carbons (Fsp3) is 0.571. The van der Waals surface area contributed by atoms with Crippen molar-refractivity contribution in [2.75, 3.05) is 13.1 Å². The molecule has 1 unspecified atom stereocenters. The van der Waals surface area contributed by atoms with Crippen LogP contribution >= 0.6 is 11.6 Å². The molecule has 1 aromatic rings. The van der Waals surface area contributed by atoms with Crippen LogP contribution in [0.25, 0.3) is 0 Å². The van der Waals surface area contributed by atoms with Crippen LogP contribution in [0.2, 0.25) is 5.02 Å². The first-order valence-electron chi connectivity index (χ1n) is 6.76. The summed E-state index contributed by atoms with van der Waals surface area (Å²) in [4.78, 5) is 25.5. The van der Waals surface area contributed by atoms with Gasteiger partial charge in [-0.05, 0) is 32.8 Å². The third-order valence-electron chi connectivity index (χ3n) is 3.92. The second-order valence-electron chi connectivity index (χ2n) is 5.53. The molecule has 1 amide bonds. The molecule has 2 rings (SSSR count). The van der Waals surface area contributed by atoms with Crippen LogP contribution in [-0.4, -0.2) is 39.5 Å². The van der Waals surface area contributed by atoms with Gasteiger partial charge < -0.3 is 14.6 Å². The van der Waals surface area contributed by atoms with Gasteiger partial charge in [-0.1, -0.05) is 11.6 Å². The van der Waals surface area contributed by atoms with E-state index in [1.165, 1.54) is 0 Å². The Kier molecular flexibility index (Phi) is 4.09. The van der Waals surface area contributed by atoms with Gasteiger partial charge in [0.25, 0.3) is 5.91 Å². The van der Waals surface area contributed by atoms with Crippen molar-refractivity contribution in [3.8, 4) is 0 Å². The zero-order valence-corrected chi connectivity index (χ0v) is 12.5. The van der Waals surface area contributed by atoms with Gasteiger partial charge in [0.15, 0.2) is 0 Å². The first-order valence-corrected chi connectivity index (χ1v) is 7.13. The minimum atomic E-state index is -0.860. The van der Waals surface area contributed by atoms with Gasteiger partial charge in [0.1, 0.15) is 5.69 Å². The molecule has 5 nitrogen and oxygen atoms in total. The number of piperidine rings is 1. The minimum Gasteiger partial charge on any atom is -0.481 e. The maximum Gasteiger partial charge on any atom is 0.311 e. The number of nitrogens with zero attached hydrogens (tertiary/aromatic N) is 2. The standard InChI is InChI=1S/C14H19ClN2O3/c1-3-16-8-10(15)7-11(16)12(18)17-6-4-5-14(2,9-17)13(19)20/h7-8H,3-6,9H2,1-2H3,(H,19,20). The van der Waals surface area contributed by atoms with Gasteiger partial charge in [-0.25, -0.2) is 0 Å². The van der Waals surface area contributed by atoms with Crippen LogP contribution in [-0.2, 0) is 11.3 Å². The number of carboxylic acids is 1. The molecule has 6 heteroatoms. The molecule has 1 fully saturated rings. The van der Waals surface area contributed by atoms with Crippen molar-refractivity contribution < 1.29 is 14.7 Å². The van der Waals surface area contributed by atoms with E-state index < -0.39 is 11.4 Å². The maximum absolute atomic E-state index is 12.6. The van der Waals surface area contributed by atoms with Gasteiger partial charge in [-0.15, -0.1) is 0 Å². The Morgan fingerprint density at radius 3 is 2.80 bits per heavy atom. The average molecular weight is 299 g/mol. The molecule has 2 heterocycles. The quantitative estimate of drug-likeness (QED) is 0.932. The molecule has 1 aliphatic heterocycles. The number of likely N-dealkylation sites (tertiary alicyclic amines) is 1.